The van der Waals surface area contributed by atoms with E-state index in [1.807, 2.05) is 41.3 Å². The number of fused-ring (bicyclic) bond motifs is 4. The lowest BCUT2D eigenvalue weighted by molar-refractivity contribution is -0.133. The molecule has 10 heteroatoms. The SMILES string of the molecule is CNC(=O)[C@H]1Cc2c([nH]c3ccccc23)CN1C(O)c1ncsc1CNc1ccc2nccnc2c1. The van der Waals surface area contributed by atoms with Crippen molar-refractivity contribution in [1.29, 1.82) is 0 Å². The molecule has 4 heterocycles. The molecular weight excluding hydrogens is 474 g/mol. The Morgan fingerprint density at radius 2 is 2.03 bits per heavy atom. The van der Waals surface area contributed by atoms with Crippen LogP contribution in [0.2, 0.25) is 0 Å². The van der Waals surface area contributed by atoms with Crippen LogP contribution < -0.4 is 10.6 Å². The first-order chi connectivity index (χ1) is 17.6. The fourth-order valence-electron chi connectivity index (χ4n) is 4.93. The van der Waals surface area contributed by atoms with E-state index in [1.54, 1.807) is 25.0 Å². The summed E-state index contributed by atoms with van der Waals surface area (Å²) in [5.74, 6) is -0.128. The van der Waals surface area contributed by atoms with Gasteiger partial charge < -0.3 is 20.7 Å². The van der Waals surface area contributed by atoms with Crippen molar-refractivity contribution in [1.82, 2.24) is 30.2 Å². The van der Waals surface area contributed by atoms with Crippen molar-refractivity contribution in [2.24, 2.45) is 0 Å². The van der Waals surface area contributed by atoms with Crippen LogP contribution in [-0.4, -0.2) is 48.9 Å². The second kappa shape index (κ2) is 9.30. The second-order valence-corrected chi connectivity index (χ2v) is 9.72. The number of H-pyrrole nitrogens is 1. The number of aliphatic hydroxyl groups is 1. The number of amides is 1. The van der Waals surface area contributed by atoms with E-state index < -0.39 is 12.3 Å². The molecule has 0 fully saturated rings. The minimum absolute atomic E-state index is 0.128. The van der Waals surface area contributed by atoms with E-state index in [2.05, 4.69) is 36.6 Å². The number of aliphatic hydroxyl groups excluding tert-OH is 1. The maximum Gasteiger partial charge on any atom is 0.237 e. The lowest BCUT2D eigenvalue weighted by atomic mass is 9.95. The molecule has 5 aromatic rings. The Kier molecular flexibility index (Phi) is 5.84. The number of aromatic amines is 1. The number of aromatic nitrogens is 4. The van der Waals surface area contributed by atoms with Gasteiger partial charge in [-0.3, -0.25) is 19.7 Å². The van der Waals surface area contributed by atoms with Gasteiger partial charge in [-0.2, -0.15) is 0 Å². The third kappa shape index (κ3) is 3.98. The van der Waals surface area contributed by atoms with Crippen molar-refractivity contribution in [3.63, 3.8) is 0 Å². The second-order valence-electron chi connectivity index (χ2n) is 8.78. The highest BCUT2D eigenvalue weighted by Gasteiger charge is 2.38. The molecule has 36 heavy (non-hydrogen) atoms. The topological polar surface area (TPSA) is 119 Å². The smallest absolute Gasteiger partial charge is 0.237 e. The van der Waals surface area contributed by atoms with Crippen LogP contribution >= 0.6 is 11.3 Å². The Balaban J connectivity index is 1.26. The first-order valence-corrected chi connectivity index (χ1v) is 12.6. The van der Waals surface area contributed by atoms with Gasteiger partial charge in [-0.05, 0) is 36.2 Å². The molecule has 3 aromatic heterocycles. The number of nitrogens with zero attached hydrogens (tertiary/aromatic N) is 4. The van der Waals surface area contributed by atoms with Gasteiger partial charge in [0.15, 0.2) is 6.23 Å². The summed E-state index contributed by atoms with van der Waals surface area (Å²) in [6.45, 7) is 0.899. The van der Waals surface area contributed by atoms with Gasteiger partial charge in [-0.25, -0.2) is 4.98 Å². The van der Waals surface area contributed by atoms with Crippen LogP contribution in [0.5, 0.6) is 0 Å². The normalized spacial score (nSPS) is 16.7. The molecule has 0 aliphatic carbocycles. The lowest BCUT2D eigenvalue weighted by Gasteiger charge is -2.37. The highest BCUT2D eigenvalue weighted by Crippen LogP contribution is 2.35. The average Bonchev–Trinajstić information content (AvgIpc) is 3.54. The van der Waals surface area contributed by atoms with Gasteiger partial charge in [0.25, 0.3) is 0 Å². The van der Waals surface area contributed by atoms with Gasteiger partial charge in [-0.1, -0.05) is 18.2 Å². The van der Waals surface area contributed by atoms with Crippen LogP contribution in [0.4, 0.5) is 5.69 Å². The third-order valence-corrected chi connectivity index (χ3v) is 7.59. The van der Waals surface area contributed by atoms with E-state index >= 15 is 0 Å². The maximum absolute atomic E-state index is 12.9. The predicted molar refractivity (Wildman–Crippen MR) is 139 cm³/mol. The zero-order valence-corrected chi connectivity index (χ0v) is 20.4. The van der Waals surface area contributed by atoms with Crippen molar-refractivity contribution < 1.29 is 9.90 Å². The van der Waals surface area contributed by atoms with Gasteiger partial charge >= 0.3 is 0 Å². The lowest BCUT2D eigenvalue weighted by Crippen LogP contribution is -2.51. The number of carbonyl (C=O) groups is 1. The van der Waals surface area contributed by atoms with Gasteiger partial charge in [0.2, 0.25) is 5.91 Å². The van der Waals surface area contributed by atoms with Gasteiger partial charge in [0, 0.05) is 48.3 Å². The van der Waals surface area contributed by atoms with Gasteiger partial charge in [-0.15, -0.1) is 11.3 Å². The first kappa shape index (κ1) is 22.6. The number of thiazole rings is 1. The van der Waals surface area contributed by atoms with Crippen LogP contribution in [-0.2, 0) is 24.3 Å². The van der Waals surface area contributed by atoms with Crippen LogP contribution in [0.1, 0.15) is 28.1 Å². The Bertz CT molecular complexity index is 1560. The monoisotopic (exact) mass is 499 g/mol. The molecule has 0 radical (unpaired) electrons. The van der Waals surface area contributed by atoms with Gasteiger partial charge in [0.05, 0.1) is 39.7 Å². The highest BCUT2D eigenvalue weighted by atomic mass is 32.1. The van der Waals surface area contributed by atoms with Crippen molar-refractivity contribution in [3.05, 3.63) is 82.2 Å². The standard InChI is InChI=1S/C26H25N7O2S/c1-27-25(34)22-11-17-16-4-2-3-5-18(16)32-21(17)13-33(22)26(35)24-23(36-14-31-24)12-30-15-6-7-19-20(10-15)29-9-8-28-19/h2-10,14,22,26,30,32,35H,11-13H2,1H3,(H,27,34)/t22-,26?/m1/s1. The number of hydrogen-bond acceptors (Lipinski definition) is 8. The van der Waals surface area contributed by atoms with E-state index in [9.17, 15) is 9.90 Å². The quantitative estimate of drug-likeness (QED) is 0.283. The summed E-state index contributed by atoms with van der Waals surface area (Å²) in [5.41, 5.74) is 8.01. The summed E-state index contributed by atoms with van der Waals surface area (Å²) < 4.78 is 0. The molecule has 6 rings (SSSR count). The Morgan fingerprint density at radius 1 is 1.19 bits per heavy atom. The Hall–Kier alpha value is -3.86. The summed E-state index contributed by atoms with van der Waals surface area (Å²) >= 11 is 1.47. The average molecular weight is 500 g/mol. The fourth-order valence-corrected chi connectivity index (χ4v) is 5.66. The molecular formula is C26H25N7O2S. The Labute approximate surface area is 211 Å². The van der Waals surface area contributed by atoms with E-state index in [0.29, 0.717) is 25.2 Å². The minimum Gasteiger partial charge on any atom is -0.380 e. The molecule has 2 aromatic carbocycles. The molecule has 1 amide bonds. The highest BCUT2D eigenvalue weighted by molar-refractivity contribution is 7.09. The van der Waals surface area contributed by atoms with Crippen LogP contribution in [0, 0.1) is 0 Å². The fraction of sp³-hybridized carbons (Fsp3) is 0.231. The number of rotatable bonds is 6. The molecule has 182 valence electrons. The summed E-state index contributed by atoms with van der Waals surface area (Å²) in [4.78, 5) is 32.3. The van der Waals surface area contributed by atoms with E-state index in [-0.39, 0.29) is 5.91 Å². The number of carbonyl (C=O) groups excluding carboxylic acids is 1. The third-order valence-electron chi connectivity index (χ3n) is 6.74. The van der Waals surface area contributed by atoms with E-state index in [1.165, 1.54) is 11.3 Å². The summed E-state index contributed by atoms with van der Waals surface area (Å²) in [7, 11) is 1.63. The largest absolute Gasteiger partial charge is 0.380 e. The molecule has 0 saturated carbocycles. The molecule has 2 atom stereocenters. The van der Waals surface area contributed by atoms with Gasteiger partial charge in [0.1, 0.15) is 0 Å². The van der Waals surface area contributed by atoms with Crippen molar-refractivity contribution >= 4 is 44.9 Å². The molecule has 0 saturated heterocycles. The molecule has 4 N–H and O–H groups in total. The zero-order chi connectivity index (χ0) is 24.6. The van der Waals surface area contributed by atoms with Crippen molar-refractivity contribution in [2.45, 2.75) is 31.8 Å². The molecule has 0 spiro atoms. The van der Waals surface area contributed by atoms with Crippen LogP contribution in [0.25, 0.3) is 21.9 Å². The molecule has 1 unspecified atom stereocenters. The zero-order valence-electron chi connectivity index (χ0n) is 19.6. The molecule has 9 nitrogen and oxygen atoms in total. The predicted octanol–water partition coefficient (Wildman–Crippen LogP) is 3.34. The maximum atomic E-state index is 12.9. The number of para-hydroxylation sites is 1. The molecule has 1 aliphatic rings. The van der Waals surface area contributed by atoms with E-state index in [4.69, 9.17) is 0 Å². The van der Waals surface area contributed by atoms with E-state index in [0.717, 1.165) is 43.8 Å². The number of benzene rings is 2. The Morgan fingerprint density at radius 3 is 2.89 bits per heavy atom. The number of nitrogens with one attached hydrogen (secondary N) is 3. The molecule has 0 bridgehead atoms. The van der Waals surface area contributed by atoms with Crippen molar-refractivity contribution in [2.75, 3.05) is 12.4 Å². The summed E-state index contributed by atoms with van der Waals surface area (Å²) in [5, 5.41) is 18.8. The number of likely N-dealkylation sites (N-methyl/N-ethyl adjacent to an activating group) is 1. The minimum atomic E-state index is -1.03. The number of hydrogen-bond donors (Lipinski definition) is 4. The van der Waals surface area contributed by atoms with Crippen molar-refractivity contribution in [3.8, 4) is 0 Å². The number of anilines is 1. The van der Waals surface area contributed by atoms with Crippen LogP contribution in [0.15, 0.2) is 60.4 Å². The summed E-state index contributed by atoms with van der Waals surface area (Å²) in [6.07, 6.45) is 2.82. The van der Waals surface area contributed by atoms with Crippen LogP contribution in [0.3, 0.4) is 0 Å². The first-order valence-electron chi connectivity index (χ1n) is 11.7. The summed E-state index contributed by atoms with van der Waals surface area (Å²) in [6, 6.07) is 13.4. The molecule has 1 aliphatic heterocycles.